The Balaban J connectivity index is 1.20. The van der Waals surface area contributed by atoms with Gasteiger partial charge in [0.25, 0.3) is 0 Å². The van der Waals surface area contributed by atoms with E-state index in [1.165, 1.54) is 17.5 Å². The van der Waals surface area contributed by atoms with Crippen molar-refractivity contribution in [2.45, 2.75) is 81.8 Å². The summed E-state index contributed by atoms with van der Waals surface area (Å²) in [6.07, 6.45) is 10.2. The van der Waals surface area contributed by atoms with Crippen LogP contribution in [-0.4, -0.2) is 70.3 Å². The van der Waals surface area contributed by atoms with E-state index in [4.69, 9.17) is 0 Å². The Kier molecular flexibility index (Phi) is 9.19. The molecule has 1 aliphatic carbocycles. The van der Waals surface area contributed by atoms with Gasteiger partial charge in [0.15, 0.2) is 0 Å². The van der Waals surface area contributed by atoms with Crippen molar-refractivity contribution in [3.63, 3.8) is 0 Å². The topological polar surface area (TPSA) is 64.0 Å². The number of carboxylic acid groups (broad SMARTS) is 1. The molecule has 1 saturated carbocycles. The van der Waals surface area contributed by atoms with Gasteiger partial charge in [0.1, 0.15) is 6.04 Å². The van der Waals surface area contributed by atoms with Gasteiger partial charge >= 0.3 is 5.97 Å². The Hall–Kier alpha value is -2.21. The molecule has 3 fully saturated rings. The Bertz CT molecular complexity index is 999. The van der Waals surface area contributed by atoms with Crippen molar-refractivity contribution in [1.29, 1.82) is 0 Å². The second-order valence-electron chi connectivity index (χ2n) is 12.3. The second kappa shape index (κ2) is 12.8. The van der Waals surface area contributed by atoms with E-state index in [2.05, 4.69) is 70.5 Å². The molecule has 3 atom stereocenters. The van der Waals surface area contributed by atoms with Crippen LogP contribution in [0.5, 0.6) is 0 Å². The average molecular weight is 519 g/mol. The van der Waals surface area contributed by atoms with Crippen molar-refractivity contribution in [3.05, 3.63) is 71.8 Å². The first-order valence-corrected chi connectivity index (χ1v) is 15.0. The number of likely N-dealkylation sites (tertiary alicyclic amines) is 2. The number of rotatable bonds is 10. The highest BCUT2D eigenvalue weighted by Crippen LogP contribution is 2.39. The molecule has 2 saturated heterocycles. The van der Waals surface area contributed by atoms with Crippen molar-refractivity contribution in [2.24, 2.45) is 11.8 Å². The third-order valence-electron chi connectivity index (χ3n) is 9.67. The van der Waals surface area contributed by atoms with Crippen molar-refractivity contribution >= 4 is 5.97 Å². The third kappa shape index (κ3) is 6.86. The Morgan fingerprint density at radius 3 is 2.24 bits per heavy atom. The number of piperidine rings is 1. The highest BCUT2D eigenvalue weighted by atomic mass is 16.4. The molecule has 5 heteroatoms. The number of nitrogens with zero attached hydrogens (tertiary/aromatic N) is 2. The SMILES string of the molecule is O=C(O)[C@@H](C1CCCCC1)N1CC(c2ccccc2)[C@@H](CN2CCC(O)(CCCc3ccccc3)CC2)C1. The van der Waals surface area contributed by atoms with E-state index >= 15 is 0 Å². The summed E-state index contributed by atoms with van der Waals surface area (Å²) >= 11 is 0. The fourth-order valence-electron chi connectivity index (χ4n) is 7.50. The molecular formula is C33H46N2O3. The molecule has 0 radical (unpaired) electrons. The third-order valence-corrected chi connectivity index (χ3v) is 9.67. The van der Waals surface area contributed by atoms with Gasteiger partial charge in [0.2, 0.25) is 0 Å². The molecule has 206 valence electrons. The molecule has 0 amide bonds. The van der Waals surface area contributed by atoms with Crippen LogP contribution in [0.3, 0.4) is 0 Å². The molecule has 2 aromatic carbocycles. The molecule has 0 aromatic heterocycles. The van der Waals surface area contributed by atoms with Crippen molar-refractivity contribution in [1.82, 2.24) is 9.80 Å². The maximum absolute atomic E-state index is 12.5. The van der Waals surface area contributed by atoms with Gasteiger partial charge in [-0.3, -0.25) is 9.69 Å². The first-order valence-electron chi connectivity index (χ1n) is 15.0. The van der Waals surface area contributed by atoms with Crippen molar-refractivity contribution in [3.8, 4) is 0 Å². The summed E-state index contributed by atoms with van der Waals surface area (Å²) in [6, 6.07) is 20.9. The zero-order chi connectivity index (χ0) is 26.4. The van der Waals surface area contributed by atoms with E-state index < -0.39 is 11.6 Å². The van der Waals surface area contributed by atoms with E-state index in [9.17, 15) is 15.0 Å². The minimum Gasteiger partial charge on any atom is -0.480 e. The Morgan fingerprint density at radius 2 is 1.58 bits per heavy atom. The van der Waals surface area contributed by atoms with Gasteiger partial charge in [-0.15, -0.1) is 0 Å². The van der Waals surface area contributed by atoms with E-state index in [1.807, 2.05) is 0 Å². The second-order valence-corrected chi connectivity index (χ2v) is 12.3. The lowest BCUT2D eigenvalue weighted by atomic mass is 9.83. The minimum absolute atomic E-state index is 0.275. The zero-order valence-electron chi connectivity index (χ0n) is 22.9. The fourth-order valence-corrected chi connectivity index (χ4v) is 7.50. The summed E-state index contributed by atoms with van der Waals surface area (Å²) in [5.74, 6) is 0.403. The molecule has 0 spiro atoms. The minimum atomic E-state index is -0.636. The Labute approximate surface area is 228 Å². The van der Waals surface area contributed by atoms with E-state index in [1.54, 1.807) is 0 Å². The molecule has 2 aliphatic heterocycles. The van der Waals surface area contributed by atoms with Gasteiger partial charge in [-0.05, 0) is 67.9 Å². The van der Waals surface area contributed by atoms with Crippen LogP contribution in [0.4, 0.5) is 0 Å². The molecule has 5 rings (SSSR count). The summed E-state index contributed by atoms with van der Waals surface area (Å²) < 4.78 is 0. The summed E-state index contributed by atoms with van der Waals surface area (Å²) in [4.78, 5) is 17.3. The number of aryl methyl sites for hydroxylation is 1. The van der Waals surface area contributed by atoms with Gasteiger partial charge < -0.3 is 15.1 Å². The lowest BCUT2D eigenvalue weighted by Crippen LogP contribution is -2.47. The van der Waals surface area contributed by atoms with Crippen LogP contribution in [0.15, 0.2) is 60.7 Å². The number of carboxylic acids is 1. The predicted octanol–water partition coefficient (Wildman–Crippen LogP) is 5.59. The normalized spacial score (nSPS) is 25.8. The maximum Gasteiger partial charge on any atom is 0.321 e. The molecule has 5 nitrogen and oxygen atoms in total. The van der Waals surface area contributed by atoms with E-state index in [0.29, 0.717) is 11.8 Å². The van der Waals surface area contributed by atoms with Gasteiger partial charge in [-0.25, -0.2) is 0 Å². The average Bonchev–Trinajstić information content (AvgIpc) is 3.34. The molecule has 38 heavy (non-hydrogen) atoms. The number of benzene rings is 2. The maximum atomic E-state index is 12.5. The molecule has 2 heterocycles. The van der Waals surface area contributed by atoms with Crippen LogP contribution >= 0.6 is 0 Å². The standard InChI is InChI=1S/C33H46N2O3/c36-32(37)31(28-16-8-3-9-17-28)35-24-29(30(25-35)27-14-6-2-7-15-27)23-34-21-19-33(38,20-22-34)18-10-13-26-11-4-1-5-12-26/h1-2,4-7,11-12,14-15,28-31,38H,3,8-10,13,16-25H2,(H,36,37)/t29-,30?,31+/m0/s1. The quantitative estimate of drug-likeness (QED) is 0.430. The highest BCUT2D eigenvalue weighted by Gasteiger charge is 2.43. The lowest BCUT2D eigenvalue weighted by molar-refractivity contribution is -0.145. The number of hydrogen-bond donors (Lipinski definition) is 2. The van der Waals surface area contributed by atoms with Crippen molar-refractivity contribution in [2.75, 3.05) is 32.7 Å². The van der Waals surface area contributed by atoms with Gasteiger partial charge in [-0.2, -0.15) is 0 Å². The smallest absolute Gasteiger partial charge is 0.321 e. The molecule has 3 aliphatic rings. The number of aliphatic carboxylic acids is 1. The highest BCUT2D eigenvalue weighted by molar-refractivity contribution is 5.74. The first kappa shape index (κ1) is 27.4. The van der Waals surface area contributed by atoms with Gasteiger partial charge in [0.05, 0.1) is 5.60 Å². The monoisotopic (exact) mass is 518 g/mol. The summed E-state index contributed by atoms with van der Waals surface area (Å²) in [5.41, 5.74) is 2.13. The number of carbonyl (C=O) groups is 1. The summed E-state index contributed by atoms with van der Waals surface area (Å²) in [6.45, 7) is 4.51. The zero-order valence-corrected chi connectivity index (χ0v) is 22.9. The molecule has 1 unspecified atom stereocenters. The number of hydrogen-bond acceptors (Lipinski definition) is 4. The lowest BCUT2D eigenvalue weighted by Gasteiger charge is -2.40. The van der Waals surface area contributed by atoms with Crippen LogP contribution < -0.4 is 0 Å². The number of aliphatic hydroxyl groups is 1. The van der Waals surface area contributed by atoms with Crippen LogP contribution in [0.25, 0.3) is 0 Å². The van der Waals surface area contributed by atoms with Crippen LogP contribution in [0.2, 0.25) is 0 Å². The van der Waals surface area contributed by atoms with Crippen molar-refractivity contribution < 1.29 is 15.0 Å². The molecule has 2 N–H and O–H groups in total. The molecular weight excluding hydrogens is 472 g/mol. The predicted molar refractivity (Wildman–Crippen MR) is 152 cm³/mol. The van der Waals surface area contributed by atoms with Crippen LogP contribution in [0, 0.1) is 11.8 Å². The van der Waals surface area contributed by atoms with Crippen LogP contribution in [-0.2, 0) is 11.2 Å². The summed E-state index contributed by atoms with van der Waals surface area (Å²) in [7, 11) is 0. The first-order chi connectivity index (χ1) is 18.5. The van der Waals surface area contributed by atoms with Gasteiger partial charge in [0, 0.05) is 38.6 Å². The van der Waals surface area contributed by atoms with E-state index in [0.717, 1.165) is 90.5 Å². The molecule has 0 bridgehead atoms. The van der Waals surface area contributed by atoms with E-state index in [-0.39, 0.29) is 12.0 Å². The van der Waals surface area contributed by atoms with Gasteiger partial charge in [-0.1, -0.05) is 79.9 Å². The molecule has 2 aromatic rings. The fraction of sp³-hybridized carbons (Fsp3) is 0.606. The summed E-state index contributed by atoms with van der Waals surface area (Å²) in [5, 5.41) is 21.5. The van der Waals surface area contributed by atoms with Crippen LogP contribution in [0.1, 0.15) is 74.8 Å². The largest absolute Gasteiger partial charge is 0.480 e. The Morgan fingerprint density at radius 1 is 0.921 bits per heavy atom.